The molecular weight excluding hydrogens is 414 g/mol. The molecule has 2 aromatic carbocycles. The molecule has 1 aliphatic rings. The summed E-state index contributed by atoms with van der Waals surface area (Å²) in [6.45, 7) is 0.452. The Kier molecular flexibility index (Phi) is 5.72. The van der Waals surface area contributed by atoms with E-state index in [2.05, 4.69) is 5.32 Å². The number of anilines is 1. The minimum Gasteiger partial charge on any atom is -0.387 e. The topological polar surface area (TPSA) is 52.6 Å². The molecule has 10 heteroatoms. The van der Waals surface area contributed by atoms with Crippen molar-refractivity contribution in [3.63, 3.8) is 0 Å². The van der Waals surface area contributed by atoms with Crippen molar-refractivity contribution < 1.29 is 36.2 Å². The van der Waals surface area contributed by atoms with E-state index in [1.165, 1.54) is 0 Å². The van der Waals surface area contributed by atoms with Gasteiger partial charge in [-0.3, -0.25) is 4.79 Å². The number of alkyl halides is 6. The quantitative estimate of drug-likeness (QED) is 0.713. The fraction of sp³-hybridized carbons (Fsp3) is 0.350. The number of rotatable bonds is 4. The van der Waals surface area contributed by atoms with Crippen LogP contribution < -0.4 is 10.2 Å². The second-order valence-corrected chi connectivity index (χ2v) is 7.08. The van der Waals surface area contributed by atoms with Gasteiger partial charge in [0.25, 0.3) is 5.91 Å². The summed E-state index contributed by atoms with van der Waals surface area (Å²) in [6.07, 6.45) is -10.5. The van der Waals surface area contributed by atoms with E-state index < -0.39 is 41.1 Å². The molecule has 0 aliphatic carbocycles. The molecule has 0 spiro atoms. The molecule has 0 fully saturated rings. The lowest BCUT2D eigenvalue weighted by Gasteiger charge is -2.17. The van der Waals surface area contributed by atoms with Gasteiger partial charge in [-0.1, -0.05) is 12.1 Å². The Morgan fingerprint density at radius 2 is 1.67 bits per heavy atom. The second kappa shape index (κ2) is 7.82. The summed E-state index contributed by atoms with van der Waals surface area (Å²) in [4.78, 5) is 14.2. The predicted octanol–water partition coefficient (Wildman–Crippen LogP) is 4.18. The molecule has 0 saturated carbocycles. The smallest absolute Gasteiger partial charge is 0.387 e. The SMILES string of the molecule is CN1CCc2cc(C(O)CNC(=O)c3cc(C(F)(F)F)cc(C(F)(F)F)c3)ccc21. The Bertz CT molecular complexity index is 923. The van der Waals surface area contributed by atoms with Gasteiger partial charge < -0.3 is 15.3 Å². The van der Waals surface area contributed by atoms with Gasteiger partial charge in [0.1, 0.15) is 0 Å². The summed E-state index contributed by atoms with van der Waals surface area (Å²) < 4.78 is 77.6. The third kappa shape index (κ3) is 4.69. The minimum atomic E-state index is -5.05. The highest BCUT2D eigenvalue weighted by atomic mass is 19.4. The summed E-state index contributed by atoms with van der Waals surface area (Å²) in [7, 11) is 1.92. The Labute approximate surface area is 168 Å². The van der Waals surface area contributed by atoms with Crippen LogP contribution in [0.15, 0.2) is 36.4 Å². The molecule has 3 rings (SSSR count). The fourth-order valence-electron chi connectivity index (χ4n) is 3.29. The Morgan fingerprint density at radius 3 is 2.23 bits per heavy atom. The third-order valence-electron chi connectivity index (χ3n) is 4.92. The number of aliphatic hydroxyl groups is 1. The van der Waals surface area contributed by atoms with E-state index in [-0.39, 0.29) is 12.6 Å². The van der Waals surface area contributed by atoms with Gasteiger partial charge in [0.2, 0.25) is 0 Å². The lowest BCUT2D eigenvalue weighted by atomic mass is 10.0. The Balaban J connectivity index is 1.76. The number of aliphatic hydroxyl groups excluding tert-OH is 1. The van der Waals surface area contributed by atoms with Gasteiger partial charge in [-0.2, -0.15) is 26.3 Å². The number of carbonyl (C=O) groups excluding carboxylic acids is 1. The maximum Gasteiger partial charge on any atom is 0.416 e. The summed E-state index contributed by atoms with van der Waals surface area (Å²) in [5.41, 5.74) is -1.44. The average Bonchev–Trinajstić information content (AvgIpc) is 3.04. The highest BCUT2D eigenvalue weighted by Crippen LogP contribution is 2.36. The highest BCUT2D eigenvalue weighted by molar-refractivity contribution is 5.94. The summed E-state index contributed by atoms with van der Waals surface area (Å²) in [5, 5.41) is 12.5. The van der Waals surface area contributed by atoms with Gasteiger partial charge in [-0.15, -0.1) is 0 Å². The molecule has 2 aromatic rings. The van der Waals surface area contributed by atoms with Crippen LogP contribution in [0.5, 0.6) is 0 Å². The summed E-state index contributed by atoms with van der Waals surface area (Å²) in [6, 6.07) is 5.88. The van der Waals surface area contributed by atoms with Crippen molar-refractivity contribution in [3.8, 4) is 0 Å². The van der Waals surface area contributed by atoms with E-state index in [4.69, 9.17) is 0 Å². The maximum absolute atomic E-state index is 12.9. The molecule has 1 unspecified atom stereocenters. The van der Waals surface area contributed by atoms with Crippen LogP contribution in [-0.2, 0) is 18.8 Å². The van der Waals surface area contributed by atoms with Crippen LogP contribution in [0.1, 0.15) is 38.7 Å². The maximum atomic E-state index is 12.9. The molecule has 1 heterocycles. The van der Waals surface area contributed by atoms with Crippen LogP contribution in [-0.4, -0.2) is 31.2 Å². The molecule has 0 radical (unpaired) electrons. The molecule has 1 atom stereocenters. The highest BCUT2D eigenvalue weighted by Gasteiger charge is 2.37. The molecular formula is C20H18F6N2O2. The van der Waals surface area contributed by atoms with Gasteiger partial charge in [0.05, 0.1) is 17.2 Å². The zero-order valence-corrected chi connectivity index (χ0v) is 15.7. The van der Waals surface area contributed by atoms with Crippen LogP contribution in [0.3, 0.4) is 0 Å². The zero-order valence-electron chi connectivity index (χ0n) is 15.7. The van der Waals surface area contributed by atoms with Gasteiger partial charge in [0, 0.05) is 31.4 Å². The molecule has 30 heavy (non-hydrogen) atoms. The van der Waals surface area contributed by atoms with Gasteiger partial charge in [-0.05, 0) is 41.8 Å². The third-order valence-corrected chi connectivity index (χ3v) is 4.92. The van der Waals surface area contributed by atoms with E-state index >= 15 is 0 Å². The zero-order chi connectivity index (χ0) is 22.3. The first kappa shape index (κ1) is 21.9. The lowest BCUT2D eigenvalue weighted by molar-refractivity contribution is -0.143. The van der Waals surface area contributed by atoms with Crippen LogP contribution in [0.25, 0.3) is 0 Å². The van der Waals surface area contributed by atoms with E-state index in [9.17, 15) is 36.2 Å². The van der Waals surface area contributed by atoms with Crippen molar-refractivity contribution in [1.29, 1.82) is 0 Å². The van der Waals surface area contributed by atoms with E-state index in [1.54, 1.807) is 12.1 Å². The molecule has 162 valence electrons. The van der Waals surface area contributed by atoms with Gasteiger partial charge in [0.15, 0.2) is 0 Å². The summed E-state index contributed by atoms with van der Waals surface area (Å²) in [5.74, 6) is -1.15. The van der Waals surface area contributed by atoms with Crippen molar-refractivity contribution in [2.45, 2.75) is 24.9 Å². The number of nitrogens with one attached hydrogen (secondary N) is 1. The number of hydrogen-bond acceptors (Lipinski definition) is 3. The van der Waals surface area contributed by atoms with Gasteiger partial charge >= 0.3 is 12.4 Å². The van der Waals surface area contributed by atoms with Crippen molar-refractivity contribution in [2.75, 3.05) is 25.0 Å². The first-order chi connectivity index (χ1) is 13.9. The predicted molar refractivity (Wildman–Crippen MR) is 97.2 cm³/mol. The second-order valence-electron chi connectivity index (χ2n) is 7.08. The van der Waals surface area contributed by atoms with Crippen LogP contribution in [0.2, 0.25) is 0 Å². The van der Waals surface area contributed by atoms with E-state index in [0.717, 1.165) is 24.2 Å². The molecule has 2 N–H and O–H groups in total. The standard InChI is InChI=1S/C20H18F6N2O2/c1-28-5-4-11-6-12(2-3-16(11)28)17(29)10-27-18(30)13-7-14(19(21,22)23)9-15(8-13)20(24,25)26/h2-3,6-9,17,29H,4-5,10H2,1H3,(H,27,30). The number of amides is 1. The Morgan fingerprint density at radius 1 is 1.07 bits per heavy atom. The molecule has 4 nitrogen and oxygen atoms in total. The molecule has 1 aliphatic heterocycles. The Hall–Kier alpha value is -2.75. The van der Waals surface area contributed by atoms with Crippen molar-refractivity contribution in [2.24, 2.45) is 0 Å². The average molecular weight is 432 g/mol. The molecule has 1 amide bonds. The number of fused-ring (bicyclic) bond motifs is 1. The van der Waals surface area contributed by atoms with Crippen molar-refractivity contribution in [1.82, 2.24) is 5.32 Å². The number of halogens is 6. The van der Waals surface area contributed by atoms with Crippen molar-refractivity contribution >= 4 is 11.6 Å². The largest absolute Gasteiger partial charge is 0.416 e. The first-order valence-corrected chi connectivity index (χ1v) is 8.96. The first-order valence-electron chi connectivity index (χ1n) is 8.96. The number of carbonyl (C=O) groups is 1. The number of hydrogen-bond donors (Lipinski definition) is 2. The molecule has 0 bridgehead atoms. The van der Waals surface area contributed by atoms with E-state index in [1.807, 2.05) is 18.0 Å². The van der Waals surface area contributed by atoms with Crippen LogP contribution in [0.4, 0.5) is 32.0 Å². The normalized spacial score (nSPS) is 15.1. The van der Waals surface area contributed by atoms with E-state index in [0.29, 0.717) is 17.7 Å². The summed E-state index contributed by atoms with van der Waals surface area (Å²) >= 11 is 0. The molecule has 0 aromatic heterocycles. The lowest BCUT2D eigenvalue weighted by Crippen LogP contribution is -2.29. The van der Waals surface area contributed by atoms with Crippen molar-refractivity contribution in [3.05, 3.63) is 64.2 Å². The number of benzene rings is 2. The van der Waals surface area contributed by atoms with Crippen LogP contribution >= 0.6 is 0 Å². The molecule has 0 saturated heterocycles. The fourth-order valence-corrected chi connectivity index (χ4v) is 3.29. The van der Waals surface area contributed by atoms with Crippen LogP contribution in [0, 0.1) is 0 Å². The minimum absolute atomic E-state index is 0.0484. The monoisotopic (exact) mass is 432 g/mol. The van der Waals surface area contributed by atoms with Gasteiger partial charge in [-0.25, -0.2) is 0 Å². The number of likely N-dealkylation sites (N-methyl/N-ethyl adjacent to an activating group) is 1. The number of nitrogens with zero attached hydrogens (tertiary/aromatic N) is 1.